The van der Waals surface area contributed by atoms with Gasteiger partial charge in [0.2, 0.25) is 0 Å². The van der Waals surface area contributed by atoms with Crippen molar-refractivity contribution in [3.05, 3.63) is 41.3 Å². The molecule has 0 saturated heterocycles. The second-order valence-electron chi connectivity index (χ2n) is 3.86. The Morgan fingerprint density at radius 2 is 1.93 bits per heavy atom. The number of allylic oxidation sites excluding steroid dienone is 2. The third-order valence-electron chi connectivity index (χ3n) is 2.59. The van der Waals surface area contributed by atoms with E-state index in [9.17, 15) is 5.11 Å². The Morgan fingerprint density at radius 3 is 2.73 bits per heavy atom. The van der Waals surface area contributed by atoms with Crippen LogP contribution in [0.4, 0.5) is 0 Å². The largest absolute Gasteiger partial charge is 0.393 e. The quantitative estimate of drug-likeness (QED) is 0.821. The van der Waals surface area contributed by atoms with Crippen LogP contribution in [0.1, 0.15) is 25.7 Å². The summed E-state index contributed by atoms with van der Waals surface area (Å²) in [6, 6.07) is 10.4. The fourth-order valence-corrected chi connectivity index (χ4v) is 2.74. The number of aliphatic hydroxyl groups is 1. The molecule has 0 spiro atoms. The molecule has 0 radical (unpaired) electrons. The molecule has 1 aromatic carbocycles. The van der Waals surface area contributed by atoms with Crippen molar-refractivity contribution in [2.75, 3.05) is 0 Å². The molecule has 0 saturated carbocycles. The third kappa shape index (κ3) is 3.40. The van der Waals surface area contributed by atoms with E-state index >= 15 is 0 Å². The SMILES string of the molecule is OC1CCC=C(Sc2ccccc2)CC1. The van der Waals surface area contributed by atoms with Crippen molar-refractivity contribution in [3.8, 4) is 0 Å². The first-order chi connectivity index (χ1) is 7.34. The Kier molecular flexibility index (Phi) is 3.87. The minimum absolute atomic E-state index is 0.102. The van der Waals surface area contributed by atoms with Crippen LogP contribution in [-0.2, 0) is 0 Å². The van der Waals surface area contributed by atoms with E-state index < -0.39 is 0 Å². The molecule has 1 N–H and O–H groups in total. The number of rotatable bonds is 2. The topological polar surface area (TPSA) is 20.2 Å². The summed E-state index contributed by atoms with van der Waals surface area (Å²) in [6.07, 6.45) is 6.02. The van der Waals surface area contributed by atoms with Gasteiger partial charge >= 0.3 is 0 Å². The molecule has 0 heterocycles. The Hall–Kier alpha value is -0.730. The first kappa shape index (κ1) is 10.8. The maximum absolute atomic E-state index is 9.53. The summed E-state index contributed by atoms with van der Waals surface area (Å²) in [5, 5.41) is 9.53. The fraction of sp³-hybridized carbons (Fsp3) is 0.385. The molecule has 1 unspecified atom stereocenters. The molecule has 2 heteroatoms. The lowest BCUT2D eigenvalue weighted by Gasteiger charge is -2.06. The summed E-state index contributed by atoms with van der Waals surface area (Å²) in [6.45, 7) is 0. The van der Waals surface area contributed by atoms with Crippen LogP contribution < -0.4 is 0 Å². The van der Waals surface area contributed by atoms with Gasteiger partial charge in [-0.25, -0.2) is 0 Å². The molecule has 1 aromatic rings. The molecular formula is C13H16OS. The van der Waals surface area contributed by atoms with E-state index in [2.05, 4.69) is 30.3 Å². The summed E-state index contributed by atoms with van der Waals surface area (Å²) in [4.78, 5) is 2.69. The number of benzene rings is 1. The van der Waals surface area contributed by atoms with Crippen LogP contribution in [0.15, 0.2) is 46.2 Å². The van der Waals surface area contributed by atoms with Crippen LogP contribution in [0.25, 0.3) is 0 Å². The molecule has 2 rings (SSSR count). The average molecular weight is 220 g/mol. The molecule has 1 aliphatic rings. The summed E-state index contributed by atoms with van der Waals surface area (Å²) < 4.78 is 0. The molecule has 0 aromatic heterocycles. The van der Waals surface area contributed by atoms with Crippen LogP contribution in [0.5, 0.6) is 0 Å². The molecule has 80 valence electrons. The molecule has 1 aliphatic carbocycles. The predicted molar refractivity (Wildman–Crippen MR) is 64.9 cm³/mol. The van der Waals surface area contributed by atoms with Gasteiger partial charge in [0.1, 0.15) is 0 Å². The maximum Gasteiger partial charge on any atom is 0.0546 e. The van der Waals surface area contributed by atoms with E-state index in [1.54, 1.807) is 0 Å². The van der Waals surface area contributed by atoms with Crippen molar-refractivity contribution in [1.29, 1.82) is 0 Å². The van der Waals surface area contributed by atoms with Crippen LogP contribution in [0.3, 0.4) is 0 Å². The van der Waals surface area contributed by atoms with Crippen molar-refractivity contribution < 1.29 is 5.11 Å². The molecular weight excluding hydrogens is 204 g/mol. The Morgan fingerprint density at radius 1 is 1.13 bits per heavy atom. The number of aliphatic hydroxyl groups excluding tert-OH is 1. The smallest absolute Gasteiger partial charge is 0.0546 e. The van der Waals surface area contributed by atoms with Gasteiger partial charge in [-0.1, -0.05) is 36.0 Å². The normalized spacial score (nSPS) is 21.9. The van der Waals surface area contributed by atoms with Crippen molar-refractivity contribution in [2.45, 2.75) is 36.7 Å². The lowest BCUT2D eigenvalue weighted by atomic mass is 10.1. The van der Waals surface area contributed by atoms with Crippen LogP contribution in [-0.4, -0.2) is 11.2 Å². The monoisotopic (exact) mass is 220 g/mol. The van der Waals surface area contributed by atoms with E-state index in [4.69, 9.17) is 0 Å². The van der Waals surface area contributed by atoms with E-state index in [0.717, 1.165) is 25.7 Å². The molecule has 15 heavy (non-hydrogen) atoms. The first-order valence-corrected chi connectivity index (χ1v) is 6.26. The lowest BCUT2D eigenvalue weighted by Crippen LogP contribution is -2.02. The van der Waals surface area contributed by atoms with Gasteiger partial charge in [0, 0.05) is 4.90 Å². The number of hydrogen-bond donors (Lipinski definition) is 1. The van der Waals surface area contributed by atoms with Gasteiger partial charge in [0.25, 0.3) is 0 Å². The van der Waals surface area contributed by atoms with Crippen molar-refractivity contribution in [1.82, 2.24) is 0 Å². The zero-order chi connectivity index (χ0) is 10.5. The van der Waals surface area contributed by atoms with E-state index in [-0.39, 0.29) is 6.10 Å². The van der Waals surface area contributed by atoms with Gasteiger partial charge in [-0.05, 0) is 42.7 Å². The Balaban J connectivity index is 1.97. The number of hydrogen-bond acceptors (Lipinski definition) is 2. The van der Waals surface area contributed by atoms with Gasteiger partial charge < -0.3 is 5.11 Å². The zero-order valence-corrected chi connectivity index (χ0v) is 9.54. The summed E-state index contributed by atoms with van der Waals surface area (Å²) >= 11 is 1.83. The summed E-state index contributed by atoms with van der Waals surface area (Å²) in [5.74, 6) is 0. The summed E-state index contributed by atoms with van der Waals surface area (Å²) in [7, 11) is 0. The number of thioether (sulfide) groups is 1. The molecule has 0 bridgehead atoms. The van der Waals surface area contributed by atoms with Crippen LogP contribution in [0.2, 0.25) is 0 Å². The minimum Gasteiger partial charge on any atom is -0.393 e. The highest BCUT2D eigenvalue weighted by molar-refractivity contribution is 8.03. The standard InChI is InChI=1S/C13H16OS/c14-11-5-4-8-13(10-9-11)15-12-6-2-1-3-7-12/h1-3,6-8,11,14H,4-5,9-10H2. The van der Waals surface area contributed by atoms with Crippen molar-refractivity contribution >= 4 is 11.8 Å². The van der Waals surface area contributed by atoms with E-state index in [1.165, 1.54) is 9.80 Å². The van der Waals surface area contributed by atoms with Crippen LogP contribution >= 0.6 is 11.8 Å². The van der Waals surface area contributed by atoms with Gasteiger partial charge in [-0.2, -0.15) is 0 Å². The predicted octanol–water partition coefficient (Wildman–Crippen LogP) is 3.60. The van der Waals surface area contributed by atoms with Crippen molar-refractivity contribution in [2.24, 2.45) is 0 Å². The zero-order valence-electron chi connectivity index (χ0n) is 8.73. The van der Waals surface area contributed by atoms with Gasteiger partial charge in [0.15, 0.2) is 0 Å². The first-order valence-electron chi connectivity index (χ1n) is 5.44. The lowest BCUT2D eigenvalue weighted by molar-refractivity contribution is 0.159. The Bertz CT molecular complexity index is 332. The minimum atomic E-state index is -0.102. The molecule has 1 atom stereocenters. The van der Waals surface area contributed by atoms with Gasteiger partial charge in [-0.15, -0.1) is 0 Å². The fourth-order valence-electron chi connectivity index (χ4n) is 1.72. The third-order valence-corrected chi connectivity index (χ3v) is 3.73. The molecule has 1 nitrogen and oxygen atoms in total. The van der Waals surface area contributed by atoms with E-state index in [1.807, 2.05) is 17.8 Å². The summed E-state index contributed by atoms with van der Waals surface area (Å²) in [5.41, 5.74) is 0. The van der Waals surface area contributed by atoms with E-state index in [0.29, 0.717) is 0 Å². The van der Waals surface area contributed by atoms with Crippen LogP contribution in [0, 0.1) is 0 Å². The molecule has 0 aliphatic heterocycles. The second kappa shape index (κ2) is 5.38. The molecule has 0 fully saturated rings. The Labute approximate surface area is 95.2 Å². The molecule has 0 amide bonds. The highest BCUT2D eigenvalue weighted by Gasteiger charge is 2.10. The van der Waals surface area contributed by atoms with Crippen molar-refractivity contribution in [3.63, 3.8) is 0 Å². The average Bonchev–Trinajstić information content (AvgIpc) is 2.46. The second-order valence-corrected chi connectivity index (χ2v) is 5.06. The highest BCUT2D eigenvalue weighted by atomic mass is 32.2. The van der Waals surface area contributed by atoms with Gasteiger partial charge in [-0.3, -0.25) is 0 Å². The van der Waals surface area contributed by atoms with Gasteiger partial charge in [0.05, 0.1) is 6.10 Å². The maximum atomic E-state index is 9.53. The highest BCUT2D eigenvalue weighted by Crippen LogP contribution is 2.32.